The maximum absolute atomic E-state index is 13.7. The molecule has 1 amide bonds. The minimum Gasteiger partial charge on any atom is -0.445 e. The number of carbonyl (C=O) groups is 1. The zero-order valence-corrected chi connectivity index (χ0v) is 19.6. The molecule has 3 nitrogen and oxygen atoms in total. The van der Waals surface area contributed by atoms with Crippen molar-refractivity contribution in [1.82, 2.24) is 4.90 Å². The molecule has 174 valence electrons. The van der Waals surface area contributed by atoms with Crippen LogP contribution in [0, 0.1) is 6.92 Å². The van der Waals surface area contributed by atoms with Gasteiger partial charge in [-0.2, -0.15) is 13.2 Å². The van der Waals surface area contributed by atoms with E-state index in [4.69, 9.17) is 27.9 Å². The molecule has 33 heavy (non-hydrogen) atoms. The second-order valence-electron chi connectivity index (χ2n) is 7.44. The molecule has 0 aliphatic heterocycles. The Labute approximate surface area is 200 Å². The highest BCUT2D eigenvalue weighted by Gasteiger charge is 2.37. The second-order valence-corrected chi connectivity index (χ2v) is 8.29. The molecule has 0 atom stereocenters. The van der Waals surface area contributed by atoms with E-state index >= 15 is 0 Å². The van der Waals surface area contributed by atoms with Crippen LogP contribution in [0.4, 0.5) is 18.0 Å². The number of hydrogen-bond acceptors (Lipinski definition) is 2. The highest BCUT2D eigenvalue weighted by atomic mass is 35.5. The number of ether oxygens (including phenoxy) is 1. The van der Waals surface area contributed by atoms with Gasteiger partial charge in [-0.25, -0.2) is 4.79 Å². The average Bonchev–Trinajstić information content (AvgIpc) is 2.77. The van der Waals surface area contributed by atoms with Crippen molar-refractivity contribution < 1.29 is 22.7 Å². The smallest absolute Gasteiger partial charge is 0.418 e. The third kappa shape index (κ3) is 6.01. The third-order valence-electron chi connectivity index (χ3n) is 5.30. The summed E-state index contributed by atoms with van der Waals surface area (Å²) in [5.41, 5.74) is 1.44. The lowest BCUT2D eigenvalue weighted by atomic mass is 9.92. The van der Waals surface area contributed by atoms with E-state index in [0.717, 1.165) is 5.56 Å². The summed E-state index contributed by atoms with van der Waals surface area (Å²) in [4.78, 5) is 14.1. The zero-order chi connectivity index (χ0) is 24.2. The number of benzene rings is 3. The lowest BCUT2D eigenvalue weighted by Crippen LogP contribution is -2.31. The standard InChI is InChI=1S/C25H22Cl2F3NO2/c1-3-31(24(32)33-15-17-9-11-19(26)12-10-17)14-21-16(2)23(25(28,29)30)22(27)13-20(21)18-7-5-4-6-8-18/h4-13H,3,14-15H2,1-2H3. The predicted octanol–water partition coefficient (Wildman–Crippen LogP) is 8.15. The molecule has 0 saturated carbocycles. The van der Waals surface area contributed by atoms with Crippen molar-refractivity contribution in [3.8, 4) is 11.1 Å². The van der Waals surface area contributed by atoms with Gasteiger partial charge in [0.15, 0.2) is 0 Å². The molecule has 0 saturated heterocycles. The van der Waals surface area contributed by atoms with E-state index in [1.165, 1.54) is 17.9 Å². The summed E-state index contributed by atoms with van der Waals surface area (Å²) in [5.74, 6) is 0. The quantitative estimate of drug-likeness (QED) is 0.345. The molecule has 0 aromatic heterocycles. The molecule has 3 aromatic carbocycles. The fraction of sp³-hybridized carbons (Fsp3) is 0.240. The lowest BCUT2D eigenvalue weighted by molar-refractivity contribution is -0.138. The molecule has 0 bridgehead atoms. The van der Waals surface area contributed by atoms with Gasteiger partial charge in [-0.05, 0) is 59.9 Å². The van der Waals surface area contributed by atoms with E-state index in [9.17, 15) is 18.0 Å². The monoisotopic (exact) mass is 495 g/mol. The number of alkyl halides is 3. The molecule has 0 heterocycles. The van der Waals surface area contributed by atoms with E-state index in [-0.39, 0.29) is 30.3 Å². The van der Waals surface area contributed by atoms with E-state index < -0.39 is 17.8 Å². The molecule has 3 rings (SSSR count). The minimum atomic E-state index is -4.63. The Morgan fingerprint density at radius 1 is 1.03 bits per heavy atom. The van der Waals surface area contributed by atoms with Crippen LogP contribution in [-0.2, 0) is 24.1 Å². The maximum atomic E-state index is 13.7. The number of hydrogen-bond donors (Lipinski definition) is 0. The summed E-state index contributed by atoms with van der Waals surface area (Å²) in [7, 11) is 0. The Bertz CT molecular complexity index is 1120. The Hall–Kier alpha value is -2.70. The summed E-state index contributed by atoms with van der Waals surface area (Å²) in [6, 6.07) is 17.1. The molecule has 0 unspecified atom stereocenters. The Morgan fingerprint density at radius 2 is 1.67 bits per heavy atom. The summed E-state index contributed by atoms with van der Waals surface area (Å²) in [6.45, 7) is 3.32. The SMILES string of the molecule is CCN(Cc1c(-c2ccccc2)cc(Cl)c(C(F)(F)F)c1C)C(=O)OCc1ccc(Cl)cc1. The van der Waals surface area contributed by atoms with Crippen LogP contribution in [0.1, 0.15) is 29.2 Å². The van der Waals surface area contributed by atoms with Crippen molar-refractivity contribution in [3.05, 3.63) is 93.0 Å². The molecular weight excluding hydrogens is 474 g/mol. The molecule has 0 fully saturated rings. The van der Waals surface area contributed by atoms with Crippen molar-refractivity contribution in [2.24, 2.45) is 0 Å². The fourth-order valence-electron chi connectivity index (χ4n) is 3.56. The van der Waals surface area contributed by atoms with Gasteiger partial charge in [-0.15, -0.1) is 0 Å². The van der Waals surface area contributed by atoms with Crippen molar-refractivity contribution in [3.63, 3.8) is 0 Å². The summed E-state index contributed by atoms with van der Waals surface area (Å²) in [5, 5.41) is 0.184. The Morgan fingerprint density at radius 3 is 2.24 bits per heavy atom. The van der Waals surface area contributed by atoms with Gasteiger partial charge in [0.2, 0.25) is 0 Å². The summed E-state index contributed by atoms with van der Waals surface area (Å²) >= 11 is 11.9. The van der Waals surface area contributed by atoms with E-state index in [1.54, 1.807) is 55.5 Å². The number of nitrogens with zero attached hydrogens (tertiary/aromatic N) is 1. The maximum Gasteiger partial charge on any atom is 0.418 e. The van der Waals surface area contributed by atoms with Crippen LogP contribution >= 0.6 is 23.2 Å². The van der Waals surface area contributed by atoms with Crippen LogP contribution in [0.3, 0.4) is 0 Å². The van der Waals surface area contributed by atoms with Crippen LogP contribution in [0.25, 0.3) is 11.1 Å². The first-order chi connectivity index (χ1) is 15.6. The van der Waals surface area contributed by atoms with Gasteiger partial charge < -0.3 is 9.64 Å². The molecule has 0 spiro atoms. The molecule has 0 aliphatic rings. The van der Waals surface area contributed by atoms with Crippen LogP contribution in [-0.4, -0.2) is 17.5 Å². The van der Waals surface area contributed by atoms with Gasteiger partial charge in [0, 0.05) is 18.1 Å². The van der Waals surface area contributed by atoms with Crippen molar-refractivity contribution in [2.45, 2.75) is 33.2 Å². The minimum absolute atomic E-state index is 0.0159. The molecule has 0 radical (unpaired) electrons. The van der Waals surface area contributed by atoms with Crippen molar-refractivity contribution >= 4 is 29.3 Å². The molecule has 8 heteroatoms. The fourth-order valence-corrected chi connectivity index (χ4v) is 4.04. The first-order valence-corrected chi connectivity index (χ1v) is 11.0. The normalized spacial score (nSPS) is 11.4. The largest absolute Gasteiger partial charge is 0.445 e. The second kappa shape index (κ2) is 10.5. The van der Waals surface area contributed by atoms with Crippen LogP contribution in [0.15, 0.2) is 60.7 Å². The first kappa shape index (κ1) is 24.9. The molecule has 3 aromatic rings. The highest BCUT2D eigenvalue weighted by molar-refractivity contribution is 6.32. The van der Waals surface area contributed by atoms with Crippen molar-refractivity contribution in [2.75, 3.05) is 6.54 Å². The van der Waals surface area contributed by atoms with Crippen molar-refractivity contribution in [1.29, 1.82) is 0 Å². The van der Waals surface area contributed by atoms with E-state index in [2.05, 4.69) is 0 Å². The van der Waals surface area contributed by atoms with Gasteiger partial charge in [0.05, 0.1) is 10.6 Å². The number of amides is 1. The topological polar surface area (TPSA) is 29.5 Å². The molecule has 0 aliphatic carbocycles. The number of halogens is 5. The first-order valence-electron chi connectivity index (χ1n) is 10.2. The van der Waals surface area contributed by atoms with Gasteiger partial charge in [0.25, 0.3) is 0 Å². The van der Waals surface area contributed by atoms with Gasteiger partial charge in [-0.3, -0.25) is 0 Å². The molecule has 0 N–H and O–H groups in total. The van der Waals surface area contributed by atoms with Crippen LogP contribution < -0.4 is 0 Å². The Kier molecular flexibility index (Phi) is 7.92. The number of rotatable bonds is 6. The highest BCUT2D eigenvalue weighted by Crippen LogP contribution is 2.42. The van der Waals surface area contributed by atoms with Crippen LogP contribution in [0.2, 0.25) is 10.0 Å². The predicted molar refractivity (Wildman–Crippen MR) is 124 cm³/mol. The van der Waals surface area contributed by atoms with E-state index in [0.29, 0.717) is 21.7 Å². The number of carbonyl (C=O) groups excluding carboxylic acids is 1. The lowest BCUT2D eigenvalue weighted by Gasteiger charge is -2.25. The average molecular weight is 496 g/mol. The van der Waals surface area contributed by atoms with Gasteiger partial charge >= 0.3 is 12.3 Å². The van der Waals surface area contributed by atoms with E-state index in [1.807, 2.05) is 6.07 Å². The zero-order valence-electron chi connectivity index (χ0n) is 18.0. The Balaban J connectivity index is 1.95. The summed E-state index contributed by atoms with van der Waals surface area (Å²) < 4.78 is 46.6. The van der Waals surface area contributed by atoms with Crippen LogP contribution in [0.5, 0.6) is 0 Å². The van der Waals surface area contributed by atoms with Gasteiger partial charge in [0.1, 0.15) is 6.61 Å². The van der Waals surface area contributed by atoms with Gasteiger partial charge in [-0.1, -0.05) is 65.7 Å². The third-order valence-corrected chi connectivity index (χ3v) is 5.85. The summed E-state index contributed by atoms with van der Waals surface area (Å²) in [6.07, 6.45) is -5.26. The molecular formula is C25H22Cl2F3NO2.